The van der Waals surface area contributed by atoms with Gasteiger partial charge in [0.1, 0.15) is 5.01 Å². The number of rotatable bonds is 3. The molecule has 2 N–H and O–H groups in total. The first kappa shape index (κ1) is 18.6. The molecule has 0 aliphatic carbocycles. The van der Waals surface area contributed by atoms with Gasteiger partial charge in [-0.3, -0.25) is 9.69 Å². The molecule has 2 unspecified atom stereocenters. The van der Waals surface area contributed by atoms with Crippen molar-refractivity contribution in [1.82, 2.24) is 19.4 Å². The van der Waals surface area contributed by atoms with Crippen molar-refractivity contribution in [1.29, 1.82) is 0 Å². The molecule has 8 nitrogen and oxygen atoms in total. The van der Waals surface area contributed by atoms with E-state index in [2.05, 4.69) is 9.97 Å². The summed E-state index contributed by atoms with van der Waals surface area (Å²) in [5, 5.41) is 19.5. The third kappa shape index (κ3) is 2.73. The number of aliphatic hydroxyl groups excluding tert-OH is 1. The molecule has 0 saturated heterocycles. The Kier molecular flexibility index (Phi) is 4.24. The van der Waals surface area contributed by atoms with E-state index in [0.717, 1.165) is 11.1 Å². The lowest BCUT2D eigenvalue weighted by Crippen LogP contribution is -2.53. The number of carbonyl (C=O) groups excluding carboxylic acids is 1. The summed E-state index contributed by atoms with van der Waals surface area (Å²) in [5.41, 5.74) is -2.84. The Bertz CT molecular complexity index is 847. The molecular formula is C14H16F3N5O3S. The number of hydrogen-bond donors (Lipinski definition) is 2. The van der Waals surface area contributed by atoms with Crippen molar-refractivity contribution in [3.63, 3.8) is 0 Å². The molecule has 0 fully saturated rings. The van der Waals surface area contributed by atoms with Crippen molar-refractivity contribution in [2.24, 2.45) is 7.05 Å². The Morgan fingerprint density at radius 1 is 1.31 bits per heavy atom. The molecule has 0 spiro atoms. The lowest BCUT2D eigenvalue weighted by molar-refractivity contribution is -0.258. The summed E-state index contributed by atoms with van der Waals surface area (Å²) in [4.78, 5) is 23.1. The van der Waals surface area contributed by atoms with Gasteiger partial charge in [0.25, 0.3) is 5.91 Å². The van der Waals surface area contributed by atoms with Gasteiger partial charge in [-0.25, -0.2) is 9.97 Å². The number of thiazole rings is 1. The number of anilines is 1. The van der Waals surface area contributed by atoms with E-state index in [1.54, 1.807) is 14.1 Å². The van der Waals surface area contributed by atoms with Gasteiger partial charge in [-0.15, -0.1) is 11.3 Å². The van der Waals surface area contributed by atoms with Gasteiger partial charge in [0.05, 0.1) is 12.9 Å². The minimum absolute atomic E-state index is 0.166. The van der Waals surface area contributed by atoms with Crippen molar-refractivity contribution in [3.05, 3.63) is 28.1 Å². The van der Waals surface area contributed by atoms with Crippen molar-refractivity contribution in [2.75, 3.05) is 11.9 Å². The Hall–Kier alpha value is -2.18. The number of aryl methyl sites for hydroxylation is 1. The third-order valence-electron chi connectivity index (χ3n) is 4.19. The first-order valence-corrected chi connectivity index (χ1v) is 8.24. The van der Waals surface area contributed by atoms with Crippen LogP contribution in [0.15, 0.2) is 12.5 Å². The second-order valence-corrected chi connectivity index (χ2v) is 7.23. The zero-order valence-electron chi connectivity index (χ0n) is 14.0. The largest absolute Gasteiger partial charge is 0.423 e. The van der Waals surface area contributed by atoms with Crippen LogP contribution in [0.25, 0.3) is 0 Å². The quantitative estimate of drug-likeness (QED) is 0.811. The second kappa shape index (κ2) is 5.93. The SMILES string of the molecule is CN1c2ncn(C)c2C(=O)N(Cc2cnc(C(C)(O)C(F)(F)F)s2)C1O. The number of aromatic nitrogens is 3. The summed E-state index contributed by atoms with van der Waals surface area (Å²) in [6.45, 7) is 0.451. The first-order valence-electron chi connectivity index (χ1n) is 7.42. The fourth-order valence-electron chi connectivity index (χ4n) is 2.53. The first-order chi connectivity index (χ1) is 11.9. The summed E-state index contributed by atoms with van der Waals surface area (Å²) >= 11 is 0.626. The van der Waals surface area contributed by atoms with E-state index < -0.39 is 29.0 Å². The molecular weight excluding hydrogens is 375 g/mol. The smallest absolute Gasteiger partial charge is 0.375 e. The van der Waals surface area contributed by atoms with E-state index in [0.29, 0.717) is 24.1 Å². The molecule has 2 atom stereocenters. The average Bonchev–Trinajstić information content (AvgIpc) is 3.15. The van der Waals surface area contributed by atoms with Crippen LogP contribution in [0.1, 0.15) is 27.3 Å². The Morgan fingerprint density at radius 2 is 1.96 bits per heavy atom. The highest BCUT2D eigenvalue weighted by Crippen LogP contribution is 2.40. The molecule has 12 heteroatoms. The predicted molar refractivity (Wildman–Crippen MR) is 85.2 cm³/mol. The van der Waals surface area contributed by atoms with Crippen LogP contribution in [-0.2, 0) is 19.2 Å². The molecule has 0 saturated carbocycles. The molecule has 26 heavy (non-hydrogen) atoms. The molecule has 0 bridgehead atoms. The fourth-order valence-corrected chi connectivity index (χ4v) is 3.51. The number of carbonyl (C=O) groups is 1. The van der Waals surface area contributed by atoms with Gasteiger partial charge >= 0.3 is 6.18 Å². The van der Waals surface area contributed by atoms with Crippen LogP contribution in [0.3, 0.4) is 0 Å². The number of alkyl halides is 3. The van der Waals surface area contributed by atoms with Crippen LogP contribution in [0.5, 0.6) is 0 Å². The zero-order chi connectivity index (χ0) is 19.4. The molecule has 1 aliphatic rings. The summed E-state index contributed by atoms with van der Waals surface area (Å²) in [6, 6.07) is 0. The Morgan fingerprint density at radius 3 is 2.58 bits per heavy atom. The van der Waals surface area contributed by atoms with Gasteiger partial charge in [-0.2, -0.15) is 13.2 Å². The monoisotopic (exact) mass is 391 g/mol. The number of nitrogens with zero attached hydrogens (tertiary/aromatic N) is 5. The number of imidazole rings is 1. The van der Waals surface area contributed by atoms with Crippen LogP contribution in [0.2, 0.25) is 0 Å². The number of amides is 1. The molecule has 1 amide bonds. The molecule has 2 aromatic heterocycles. The van der Waals surface area contributed by atoms with Crippen LogP contribution >= 0.6 is 11.3 Å². The van der Waals surface area contributed by atoms with Gasteiger partial charge < -0.3 is 19.7 Å². The van der Waals surface area contributed by atoms with E-state index >= 15 is 0 Å². The summed E-state index contributed by atoms with van der Waals surface area (Å²) < 4.78 is 40.3. The van der Waals surface area contributed by atoms with E-state index in [1.165, 1.54) is 15.8 Å². The molecule has 1 aliphatic heterocycles. The average molecular weight is 391 g/mol. The second-order valence-electron chi connectivity index (χ2n) is 6.12. The lowest BCUT2D eigenvalue weighted by Gasteiger charge is -2.38. The van der Waals surface area contributed by atoms with Crippen molar-refractivity contribution >= 4 is 23.1 Å². The zero-order valence-corrected chi connectivity index (χ0v) is 14.8. The van der Waals surface area contributed by atoms with Gasteiger partial charge in [0.2, 0.25) is 12.0 Å². The molecule has 0 aromatic carbocycles. The van der Waals surface area contributed by atoms with Gasteiger partial charge in [-0.05, 0) is 6.92 Å². The maximum atomic E-state index is 12.9. The fraction of sp³-hybridized carbons (Fsp3) is 0.500. The lowest BCUT2D eigenvalue weighted by atomic mass is 10.1. The summed E-state index contributed by atoms with van der Waals surface area (Å²) in [7, 11) is 3.17. The number of aliphatic hydroxyl groups is 2. The molecule has 3 heterocycles. The standard InChI is InChI=1S/C14H16F3N5O3S/c1-13(25,14(15,16)17)11-18-4-7(26-11)5-22-10(23)8-9(19-6-20(8)2)21(3)12(22)24/h4,6,12,24-25H,5H2,1-3H3. The van der Waals surface area contributed by atoms with E-state index in [9.17, 15) is 28.2 Å². The van der Waals surface area contributed by atoms with Crippen LogP contribution in [0, 0.1) is 0 Å². The van der Waals surface area contributed by atoms with E-state index in [4.69, 9.17) is 0 Å². The van der Waals surface area contributed by atoms with Gasteiger partial charge in [0, 0.05) is 25.2 Å². The molecule has 142 valence electrons. The van der Waals surface area contributed by atoms with Crippen LogP contribution in [0.4, 0.5) is 19.0 Å². The molecule has 0 radical (unpaired) electrons. The topological polar surface area (TPSA) is 94.7 Å². The van der Waals surface area contributed by atoms with Crippen LogP contribution in [-0.4, -0.2) is 55.1 Å². The Labute approximate surface area is 150 Å². The third-order valence-corrected chi connectivity index (χ3v) is 5.38. The number of halogens is 3. The van der Waals surface area contributed by atoms with Crippen molar-refractivity contribution in [2.45, 2.75) is 31.6 Å². The van der Waals surface area contributed by atoms with Gasteiger partial charge in [-0.1, -0.05) is 0 Å². The minimum Gasteiger partial charge on any atom is -0.375 e. The maximum Gasteiger partial charge on any atom is 0.423 e. The summed E-state index contributed by atoms with van der Waals surface area (Å²) in [5.74, 6) is -0.200. The van der Waals surface area contributed by atoms with Crippen molar-refractivity contribution in [3.8, 4) is 0 Å². The Balaban J connectivity index is 1.88. The van der Waals surface area contributed by atoms with E-state index in [-0.39, 0.29) is 17.1 Å². The summed E-state index contributed by atoms with van der Waals surface area (Å²) in [6.07, 6.45) is -3.63. The number of hydrogen-bond acceptors (Lipinski definition) is 7. The van der Waals surface area contributed by atoms with E-state index in [1.807, 2.05) is 0 Å². The highest BCUT2D eigenvalue weighted by Gasteiger charge is 2.53. The van der Waals surface area contributed by atoms with Crippen molar-refractivity contribution < 1.29 is 28.2 Å². The molecule has 2 aromatic rings. The maximum absolute atomic E-state index is 12.9. The van der Waals surface area contributed by atoms with Gasteiger partial charge in [0.15, 0.2) is 11.5 Å². The minimum atomic E-state index is -4.88. The highest BCUT2D eigenvalue weighted by atomic mass is 32.1. The van der Waals surface area contributed by atoms with Crippen LogP contribution < -0.4 is 4.90 Å². The predicted octanol–water partition coefficient (Wildman–Crippen LogP) is 1.01. The normalized spacial score (nSPS) is 20.3. The molecule has 3 rings (SSSR count). The number of fused-ring (bicyclic) bond motifs is 1. The highest BCUT2D eigenvalue weighted by molar-refractivity contribution is 7.11.